The molecule has 2 aliphatic heterocycles. The number of fused-ring (bicyclic) bond motifs is 1. The molecular formula is C24H33N3O4S. The van der Waals surface area contributed by atoms with E-state index in [0.29, 0.717) is 18.3 Å². The number of nitrogens with zero attached hydrogens (tertiary/aromatic N) is 2. The van der Waals surface area contributed by atoms with Gasteiger partial charge in [-0.25, -0.2) is 13.1 Å². The molecule has 2 aliphatic rings. The number of amides is 1. The fraction of sp³-hybridized carbons (Fsp3) is 0.542. The molecular weight excluding hydrogens is 426 g/mol. The molecule has 0 saturated carbocycles. The van der Waals surface area contributed by atoms with Crippen LogP contribution < -0.4 is 9.62 Å². The molecule has 1 amide bonds. The molecule has 2 aromatic rings. The molecule has 0 spiro atoms. The van der Waals surface area contributed by atoms with E-state index in [4.69, 9.17) is 4.42 Å². The number of likely N-dealkylation sites (tertiary alicyclic amines) is 1. The number of carbonyl (C=O) groups excluding carboxylic acids is 1. The lowest BCUT2D eigenvalue weighted by molar-refractivity contribution is -0.116. The maximum Gasteiger partial charge on any atom is 0.240 e. The third-order valence-corrected chi connectivity index (χ3v) is 7.99. The van der Waals surface area contributed by atoms with Crippen LogP contribution in [0.5, 0.6) is 0 Å². The highest BCUT2D eigenvalue weighted by Crippen LogP contribution is 2.29. The van der Waals surface area contributed by atoms with Crippen molar-refractivity contribution in [3.8, 4) is 0 Å². The zero-order chi connectivity index (χ0) is 22.7. The number of carbonyl (C=O) groups is 1. The summed E-state index contributed by atoms with van der Waals surface area (Å²) in [6.45, 7) is 6.39. The Labute approximate surface area is 190 Å². The Bertz CT molecular complexity index is 1060. The van der Waals surface area contributed by atoms with E-state index in [2.05, 4.69) is 16.5 Å². The highest BCUT2D eigenvalue weighted by molar-refractivity contribution is 7.89. The third-order valence-electron chi connectivity index (χ3n) is 6.59. The van der Waals surface area contributed by atoms with Crippen molar-refractivity contribution in [1.29, 1.82) is 0 Å². The minimum absolute atomic E-state index is 0.0249. The van der Waals surface area contributed by atoms with Gasteiger partial charge in [-0.05, 0) is 74.5 Å². The van der Waals surface area contributed by atoms with Crippen molar-refractivity contribution < 1.29 is 17.6 Å². The Kier molecular flexibility index (Phi) is 7.02. The van der Waals surface area contributed by atoms with E-state index in [-0.39, 0.29) is 17.3 Å². The number of sulfonamides is 1. The van der Waals surface area contributed by atoms with Crippen molar-refractivity contribution >= 4 is 21.6 Å². The van der Waals surface area contributed by atoms with Crippen LogP contribution in [0.25, 0.3) is 0 Å². The maximum atomic E-state index is 12.9. The average Bonchev–Trinajstić information content (AvgIpc) is 3.24. The summed E-state index contributed by atoms with van der Waals surface area (Å²) in [7, 11) is -3.68. The Balaban J connectivity index is 1.40. The van der Waals surface area contributed by atoms with Gasteiger partial charge in [-0.2, -0.15) is 0 Å². The number of hydrogen-bond acceptors (Lipinski definition) is 5. The molecule has 0 bridgehead atoms. The van der Waals surface area contributed by atoms with Crippen molar-refractivity contribution in [3.63, 3.8) is 0 Å². The summed E-state index contributed by atoms with van der Waals surface area (Å²) in [5.41, 5.74) is 1.70. The molecule has 1 aromatic carbocycles. The smallest absolute Gasteiger partial charge is 0.240 e. The number of rotatable bonds is 7. The van der Waals surface area contributed by atoms with Gasteiger partial charge in [-0.15, -0.1) is 0 Å². The van der Waals surface area contributed by atoms with Gasteiger partial charge < -0.3 is 9.32 Å². The van der Waals surface area contributed by atoms with Crippen LogP contribution in [0.2, 0.25) is 0 Å². The van der Waals surface area contributed by atoms with E-state index in [1.807, 2.05) is 12.1 Å². The second-order valence-corrected chi connectivity index (χ2v) is 10.6. The van der Waals surface area contributed by atoms with Crippen molar-refractivity contribution in [3.05, 3.63) is 47.4 Å². The number of nitrogens with one attached hydrogen (secondary N) is 1. The van der Waals surface area contributed by atoms with Crippen LogP contribution in [-0.2, 0) is 34.3 Å². The number of piperidine rings is 1. The van der Waals surface area contributed by atoms with Crippen LogP contribution in [0.3, 0.4) is 0 Å². The minimum Gasteiger partial charge on any atom is -0.463 e. The van der Waals surface area contributed by atoms with Crippen LogP contribution in [-0.4, -0.2) is 38.4 Å². The Morgan fingerprint density at radius 2 is 1.94 bits per heavy atom. The number of aryl methyl sites for hydroxylation is 1. The molecule has 3 heterocycles. The summed E-state index contributed by atoms with van der Waals surface area (Å²) in [5, 5.41) is 0. The molecule has 1 atom stereocenters. The molecule has 1 unspecified atom stereocenters. The fourth-order valence-electron chi connectivity index (χ4n) is 4.85. The normalized spacial score (nSPS) is 19.7. The number of anilines is 1. The average molecular weight is 460 g/mol. The number of furan rings is 1. The maximum absolute atomic E-state index is 12.9. The van der Waals surface area contributed by atoms with E-state index in [1.54, 1.807) is 23.1 Å². The molecule has 7 nitrogen and oxygen atoms in total. The summed E-state index contributed by atoms with van der Waals surface area (Å²) >= 11 is 0. The number of benzene rings is 1. The van der Waals surface area contributed by atoms with Gasteiger partial charge in [-0.1, -0.05) is 13.3 Å². The molecule has 174 valence electrons. The molecule has 4 rings (SSSR count). The van der Waals surface area contributed by atoms with Gasteiger partial charge in [0.1, 0.15) is 11.5 Å². The topological polar surface area (TPSA) is 82.9 Å². The van der Waals surface area contributed by atoms with E-state index in [9.17, 15) is 13.2 Å². The van der Waals surface area contributed by atoms with Crippen LogP contribution in [0.1, 0.15) is 63.0 Å². The summed E-state index contributed by atoms with van der Waals surface area (Å²) in [6, 6.07) is 9.37. The van der Waals surface area contributed by atoms with E-state index < -0.39 is 10.0 Å². The Morgan fingerprint density at radius 3 is 2.72 bits per heavy atom. The van der Waals surface area contributed by atoms with Gasteiger partial charge in [0.25, 0.3) is 0 Å². The zero-order valence-corrected chi connectivity index (χ0v) is 19.8. The molecule has 32 heavy (non-hydrogen) atoms. The SMILES string of the molecule is CCC1CCCCN1Cc1ccc(CNS(=O)(=O)c2ccc3c(c2)CCCN3C(C)=O)o1. The standard InChI is InChI=1S/C24H33N3O4S/c1-3-20-8-4-5-13-26(20)17-22-10-9-21(31-22)16-25-32(29,30)23-11-12-24-19(15-23)7-6-14-27(24)18(2)28/h9-12,15,20,25H,3-8,13-14,16-17H2,1-2H3. The van der Waals surface area contributed by atoms with Gasteiger partial charge in [0.15, 0.2) is 0 Å². The van der Waals surface area contributed by atoms with Gasteiger partial charge in [0, 0.05) is 25.2 Å². The van der Waals surface area contributed by atoms with E-state index >= 15 is 0 Å². The minimum atomic E-state index is -3.68. The lowest BCUT2D eigenvalue weighted by Gasteiger charge is -2.34. The first-order valence-corrected chi connectivity index (χ1v) is 13.1. The highest BCUT2D eigenvalue weighted by Gasteiger charge is 2.24. The second-order valence-electron chi connectivity index (χ2n) is 8.79. The van der Waals surface area contributed by atoms with Crippen LogP contribution >= 0.6 is 0 Å². The molecule has 8 heteroatoms. The molecule has 0 radical (unpaired) electrons. The van der Waals surface area contributed by atoms with Gasteiger partial charge >= 0.3 is 0 Å². The Morgan fingerprint density at radius 1 is 1.12 bits per heavy atom. The van der Waals surface area contributed by atoms with E-state index in [0.717, 1.165) is 49.4 Å². The van der Waals surface area contributed by atoms with Gasteiger partial charge in [0.2, 0.25) is 15.9 Å². The van der Waals surface area contributed by atoms with Crippen molar-refractivity contribution in [2.45, 2.75) is 76.4 Å². The first-order valence-electron chi connectivity index (χ1n) is 11.6. The second kappa shape index (κ2) is 9.77. The highest BCUT2D eigenvalue weighted by atomic mass is 32.2. The monoisotopic (exact) mass is 459 g/mol. The van der Waals surface area contributed by atoms with Crippen molar-refractivity contribution in [2.24, 2.45) is 0 Å². The molecule has 1 saturated heterocycles. The summed E-state index contributed by atoms with van der Waals surface area (Å²) < 4.78 is 34.3. The third kappa shape index (κ3) is 5.08. The lowest BCUT2D eigenvalue weighted by atomic mass is 10.00. The molecule has 1 N–H and O–H groups in total. The quantitative estimate of drug-likeness (QED) is 0.681. The first kappa shape index (κ1) is 23.0. The van der Waals surface area contributed by atoms with Crippen LogP contribution in [0, 0.1) is 0 Å². The summed E-state index contributed by atoms with van der Waals surface area (Å²) in [5.74, 6) is 1.45. The zero-order valence-electron chi connectivity index (χ0n) is 19.0. The van der Waals surface area contributed by atoms with E-state index in [1.165, 1.54) is 26.2 Å². The fourth-order valence-corrected chi connectivity index (χ4v) is 5.89. The van der Waals surface area contributed by atoms with Crippen LogP contribution in [0.4, 0.5) is 5.69 Å². The Hall–Kier alpha value is -2.16. The van der Waals surface area contributed by atoms with Crippen LogP contribution in [0.15, 0.2) is 39.6 Å². The predicted octanol–water partition coefficient (Wildman–Crippen LogP) is 3.82. The van der Waals surface area contributed by atoms with Crippen molar-refractivity contribution in [1.82, 2.24) is 9.62 Å². The van der Waals surface area contributed by atoms with Gasteiger partial charge in [-0.3, -0.25) is 9.69 Å². The van der Waals surface area contributed by atoms with Crippen molar-refractivity contribution in [2.75, 3.05) is 18.0 Å². The molecule has 0 aliphatic carbocycles. The summed E-state index contributed by atoms with van der Waals surface area (Å²) in [6.07, 6.45) is 6.46. The molecule has 1 aromatic heterocycles. The predicted molar refractivity (Wildman–Crippen MR) is 124 cm³/mol. The largest absolute Gasteiger partial charge is 0.463 e. The van der Waals surface area contributed by atoms with Gasteiger partial charge in [0.05, 0.1) is 18.0 Å². The first-order chi connectivity index (χ1) is 15.4. The lowest BCUT2D eigenvalue weighted by Crippen LogP contribution is -2.38. The molecule has 1 fully saturated rings. The number of hydrogen-bond donors (Lipinski definition) is 1. The summed E-state index contributed by atoms with van der Waals surface area (Å²) in [4.78, 5) is 16.2.